The van der Waals surface area contributed by atoms with Crippen molar-refractivity contribution >= 4 is 47.2 Å². The maximum absolute atomic E-state index is 12.0. The van der Waals surface area contributed by atoms with E-state index in [1.165, 1.54) is 0 Å². The molecule has 0 saturated heterocycles. The Kier molecular flexibility index (Phi) is 9.35. The predicted molar refractivity (Wildman–Crippen MR) is 97.3 cm³/mol. The molecule has 1 aromatic rings. The minimum absolute atomic E-state index is 0. The number of halogens is 3. The highest BCUT2D eigenvalue weighted by Crippen LogP contribution is 2.29. The molecular weight excluding hydrogens is 345 g/mol. The number of nitrogens with zero attached hydrogens (tertiary/aromatic N) is 1. The van der Waals surface area contributed by atoms with Crippen LogP contribution in [0.2, 0.25) is 10.0 Å². The first-order chi connectivity index (χ1) is 9.75. The van der Waals surface area contributed by atoms with E-state index >= 15 is 0 Å². The Morgan fingerprint density at radius 1 is 1.32 bits per heavy atom. The molecule has 0 radical (unpaired) electrons. The molecule has 4 nitrogen and oxygen atoms in total. The topological polar surface area (TPSA) is 58.4 Å². The van der Waals surface area contributed by atoms with Gasteiger partial charge in [0.15, 0.2) is 0 Å². The Labute approximate surface area is 148 Å². The lowest BCUT2D eigenvalue weighted by molar-refractivity contribution is -0.116. The molecule has 1 amide bonds. The summed E-state index contributed by atoms with van der Waals surface area (Å²) in [7, 11) is 1.98. The van der Waals surface area contributed by atoms with Gasteiger partial charge in [-0.05, 0) is 31.1 Å². The van der Waals surface area contributed by atoms with Crippen LogP contribution in [0.5, 0.6) is 0 Å². The molecule has 0 aromatic heterocycles. The van der Waals surface area contributed by atoms with Gasteiger partial charge in [-0.3, -0.25) is 4.79 Å². The first kappa shape index (κ1) is 21.5. The first-order valence-corrected chi connectivity index (χ1v) is 7.63. The van der Waals surface area contributed by atoms with Crippen molar-refractivity contribution in [3.05, 3.63) is 28.2 Å². The van der Waals surface area contributed by atoms with Gasteiger partial charge in [-0.1, -0.05) is 43.1 Å². The van der Waals surface area contributed by atoms with Gasteiger partial charge in [0.1, 0.15) is 0 Å². The van der Waals surface area contributed by atoms with E-state index in [4.69, 9.17) is 28.9 Å². The maximum Gasteiger partial charge on any atom is 0.225 e. The van der Waals surface area contributed by atoms with Crippen molar-refractivity contribution in [2.24, 2.45) is 11.1 Å². The van der Waals surface area contributed by atoms with Crippen LogP contribution in [0.4, 0.5) is 5.69 Å². The predicted octanol–water partition coefficient (Wildman–Crippen LogP) is 3.66. The van der Waals surface area contributed by atoms with Crippen LogP contribution in [-0.4, -0.2) is 37.5 Å². The SMILES string of the molecule is CN(CCC(=O)Nc1c(Cl)cccc1Cl)CC(C)(C)CN.Cl. The number of amides is 1. The van der Waals surface area contributed by atoms with Gasteiger partial charge in [-0.15, -0.1) is 12.4 Å². The Balaban J connectivity index is 0.00000441. The summed E-state index contributed by atoms with van der Waals surface area (Å²) in [6.07, 6.45) is 0.374. The molecule has 0 aliphatic carbocycles. The third kappa shape index (κ3) is 7.16. The van der Waals surface area contributed by atoms with Gasteiger partial charge in [0.2, 0.25) is 5.91 Å². The lowest BCUT2D eigenvalue weighted by Crippen LogP contribution is -2.37. The highest BCUT2D eigenvalue weighted by Gasteiger charge is 2.18. The molecule has 22 heavy (non-hydrogen) atoms. The molecule has 0 aliphatic heterocycles. The van der Waals surface area contributed by atoms with Gasteiger partial charge in [0, 0.05) is 19.5 Å². The molecule has 0 bridgehead atoms. The molecule has 1 aromatic carbocycles. The van der Waals surface area contributed by atoms with Crippen molar-refractivity contribution < 1.29 is 4.79 Å². The van der Waals surface area contributed by atoms with Crippen molar-refractivity contribution in [2.75, 3.05) is 32.0 Å². The molecule has 0 atom stereocenters. The fourth-order valence-electron chi connectivity index (χ4n) is 1.99. The number of anilines is 1. The summed E-state index contributed by atoms with van der Waals surface area (Å²) >= 11 is 12.0. The molecule has 3 N–H and O–H groups in total. The third-order valence-corrected chi connectivity index (χ3v) is 3.83. The van der Waals surface area contributed by atoms with Crippen LogP contribution in [0.1, 0.15) is 20.3 Å². The molecule has 7 heteroatoms. The van der Waals surface area contributed by atoms with Crippen molar-refractivity contribution in [1.29, 1.82) is 0 Å². The van der Waals surface area contributed by atoms with E-state index in [-0.39, 0.29) is 23.7 Å². The number of rotatable bonds is 7. The Hall–Kier alpha value is -0.520. The fourth-order valence-corrected chi connectivity index (χ4v) is 2.48. The molecule has 0 aliphatic rings. The van der Waals surface area contributed by atoms with Crippen molar-refractivity contribution in [1.82, 2.24) is 4.90 Å². The number of hydrogen-bond acceptors (Lipinski definition) is 3. The second kappa shape index (κ2) is 9.58. The zero-order valence-corrected chi connectivity index (χ0v) is 15.5. The minimum Gasteiger partial charge on any atom is -0.330 e. The Bertz CT molecular complexity index is 475. The molecule has 126 valence electrons. The van der Waals surface area contributed by atoms with Crippen LogP contribution in [0.25, 0.3) is 0 Å². The van der Waals surface area contributed by atoms with E-state index in [1.54, 1.807) is 18.2 Å². The number of benzene rings is 1. The highest BCUT2D eigenvalue weighted by atomic mass is 35.5. The molecule has 0 fully saturated rings. The second-order valence-electron chi connectivity index (χ2n) is 6.00. The molecule has 0 unspecified atom stereocenters. The number of hydrogen-bond donors (Lipinski definition) is 2. The summed E-state index contributed by atoms with van der Waals surface area (Å²) in [6, 6.07) is 5.13. The summed E-state index contributed by atoms with van der Waals surface area (Å²) < 4.78 is 0. The average molecular weight is 369 g/mol. The van der Waals surface area contributed by atoms with Gasteiger partial charge >= 0.3 is 0 Å². The van der Waals surface area contributed by atoms with E-state index < -0.39 is 0 Å². The lowest BCUT2D eigenvalue weighted by atomic mass is 9.93. The summed E-state index contributed by atoms with van der Waals surface area (Å²) in [5.74, 6) is -0.109. The first-order valence-electron chi connectivity index (χ1n) is 6.87. The second-order valence-corrected chi connectivity index (χ2v) is 6.82. The smallest absolute Gasteiger partial charge is 0.225 e. The molecule has 0 heterocycles. The summed E-state index contributed by atoms with van der Waals surface area (Å²) in [5.41, 5.74) is 6.22. The lowest BCUT2D eigenvalue weighted by Gasteiger charge is -2.28. The van der Waals surface area contributed by atoms with E-state index in [9.17, 15) is 4.79 Å². The number of carbonyl (C=O) groups is 1. The maximum atomic E-state index is 12.0. The Morgan fingerprint density at radius 2 is 1.86 bits per heavy atom. The van der Waals surface area contributed by atoms with E-state index in [0.717, 1.165) is 6.54 Å². The van der Waals surface area contributed by atoms with Crippen LogP contribution in [0, 0.1) is 5.41 Å². The van der Waals surface area contributed by atoms with E-state index in [1.807, 2.05) is 7.05 Å². The van der Waals surface area contributed by atoms with Gasteiger partial charge in [-0.2, -0.15) is 0 Å². The molecular formula is C15H24Cl3N3O. The van der Waals surface area contributed by atoms with Crippen molar-refractivity contribution in [2.45, 2.75) is 20.3 Å². The van der Waals surface area contributed by atoms with Crippen molar-refractivity contribution in [3.63, 3.8) is 0 Å². The average Bonchev–Trinajstić information content (AvgIpc) is 2.40. The zero-order valence-electron chi connectivity index (χ0n) is 13.2. The van der Waals surface area contributed by atoms with Crippen LogP contribution in [0.15, 0.2) is 18.2 Å². The third-order valence-electron chi connectivity index (χ3n) is 3.20. The van der Waals surface area contributed by atoms with Gasteiger partial charge in [0.05, 0.1) is 15.7 Å². The fraction of sp³-hybridized carbons (Fsp3) is 0.533. The normalized spacial score (nSPS) is 11.2. The summed E-state index contributed by atoms with van der Waals surface area (Å²) in [4.78, 5) is 14.1. The molecule has 0 spiro atoms. The quantitative estimate of drug-likeness (QED) is 0.772. The largest absolute Gasteiger partial charge is 0.330 e. The van der Waals surface area contributed by atoms with E-state index in [2.05, 4.69) is 24.1 Å². The Morgan fingerprint density at radius 3 is 2.36 bits per heavy atom. The van der Waals surface area contributed by atoms with Gasteiger partial charge in [-0.25, -0.2) is 0 Å². The number of nitrogens with one attached hydrogen (secondary N) is 1. The minimum atomic E-state index is -0.109. The number of para-hydroxylation sites is 1. The summed E-state index contributed by atoms with van der Waals surface area (Å²) in [5, 5.41) is 3.63. The van der Waals surface area contributed by atoms with Crippen LogP contribution >= 0.6 is 35.6 Å². The van der Waals surface area contributed by atoms with Crippen molar-refractivity contribution in [3.8, 4) is 0 Å². The number of carbonyl (C=O) groups excluding carboxylic acids is 1. The summed E-state index contributed by atoms with van der Waals surface area (Å²) in [6.45, 7) is 6.31. The standard InChI is InChI=1S/C15H23Cl2N3O.ClH/c1-15(2,9-18)10-20(3)8-7-13(21)19-14-11(16)5-4-6-12(14)17;/h4-6H,7-10,18H2,1-3H3,(H,19,21);1H. The molecule has 0 saturated carbocycles. The van der Waals surface area contributed by atoms with Gasteiger partial charge in [0.25, 0.3) is 0 Å². The monoisotopic (exact) mass is 367 g/mol. The van der Waals surface area contributed by atoms with Crippen LogP contribution < -0.4 is 11.1 Å². The van der Waals surface area contributed by atoms with Crippen LogP contribution in [-0.2, 0) is 4.79 Å². The van der Waals surface area contributed by atoms with Gasteiger partial charge < -0.3 is 16.0 Å². The number of nitrogens with two attached hydrogens (primary N) is 1. The zero-order chi connectivity index (χ0) is 16.0. The molecule has 1 rings (SSSR count). The highest BCUT2D eigenvalue weighted by molar-refractivity contribution is 6.39. The van der Waals surface area contributed by atoms with Crippen LogP contribution in [0.3, 0.4) is 0 Å². The van der Waals surface area contributed by atoms with E-state index in [0.29, 0.717) is 35.2 Å².